The molecular formula is C19H29NO3S2. The lowest BCUT2D eigenvalue weighted by Crippen LogP contribution is -2.36. The Morgan fingerprint density at radius 2 is 1.84 bits per heavy atom. The lowest BCUT2D eigenvalue weighted by molar-refractivity contribution is -0.119. The minimum atomic E-state index is -2.95. The zero-order valence-electron chi connectivity index (χ0n) is 15.8. The van der Waals surface area contributed by atoms with Crippen LogP contribution in [0.4, 0.5) is 0 Å². The molecule has 1 atom stereocenters. The van der Waals surface area contributed by atoms with Gasteiger partial charge in [0.15, 0.2) is 9.84 Å². The molecule has 4 nitrogen and oxygen atoms in total. The Morgan fingerprint density at radius 3 is 2.32 bits per heavy atom. The molecule has 0 unspecified atom stereocenters. The highest BCUT2D eigenvalue weighted by molar-refractivity contribution is 7.99. The van der Waals surface area contributed by atoms with Crippen molar-refractivity contribution >= 4 is 27.5 Å². The monoisotopic (exact) mass is 383 g/mol. The van der Waals surface area contributed by atoms with Crippen LogP contribution in [0.5, 0.6) is 0 Å². The highest BCUT2D eigenvalue weighted by Gasteiger charge is 2.28. The molecule has 140 valence electrons. The molecular weight excluding hydrogens is 354 g/mol. The zero-order chi connectivity index (χ0) is 18.8. The third-order valence-electron chi connectivity index (χ3n) is 4.64. The fraction of sp³-hybridized carbons (Fsp3) is 0.632. The Labute approximate surface area is 156 Å². The van der Waals surface area contributed by atoms with Crippen LogP contribution in [0.2, 0.25) is 0 Å². The van der Waals surface area contributed by atoms with Gasteiger partial charge in [-0.2, -0.15) is 0 Å². The third kappa shape index (κ3) is 5.74. The molecule has 6 heteroatoms. The van der Waals surface area contributed by atoms with Crippen molar-refractivity contribution in [3.63, 3.8) is 0 Å². The second kappa shape index (κ2) is 7.70. The van der Waals surface area contributed by atoms with Crippen molar-refractivity contribution in [3.05, 3.63) is 34.4 Å². The van der Waals surface area contributed by atoms with Crippen molar-refractivity contribution in [2.75, 3.05) is 17.3 Å². The predicted octanol–water partition coefficient (Wildman–Crippen LogP) is 3.14. The van der Waals surface area contributed by atoms with Crippen LogP contribution in [-0.4, -0.2) is 37.6 Å². The molecule has 1 fully saturated rings. The average Bonchev–Trinajstić information content (AvgIpc) is 2.79. The van der Waals surface area contributed by atoms with E-state index in [0.717, 1.165) is 5.75 Å². The molecule has 1 aromatic carbocycles. The second-order valence-corrected chi connectivity index (χ2v) is 11.2. The highest BCUT2D eigenvalue weighted by Crippen LogP contribution is 2.28. The highest BCUT2D eigenvalue weighted by atomic mass is 32.2. The average molecular weight is 384 g/mol. The molecule has 2 rings (SSSR count). The summed E-state index contributed by atoms with van der Waals surface area (Å²) in [4.78, 5) is 12.0. The number of thioether (sulfide) groups is 1. The van der Waals surface area contributed by atoms with E-state index in [0.29, 0.717) is 12.2 Å². The zero-order valence-corrected chi connectivity index (χ0v) is 17.4. The van der Waals surface area contributed by atoms with Gasteiger partial charge in [0.1, 0.15) is 0 Å². The SMILES string of the molecule is Cc1cc(C(C)(C)C)cc(C)c1CSCC(=O)N[C@@H]1CCS(=O)(=O)C1. The first-order valence-electron chi connectivity index (χ1n) is 8.66. The largest absolute Gasteiger partial charge is 0.352 e. The number of hydrogen-bond acceptors (Lipinski definition) is 4. The van der Waals surface area contributed by atoms with Gasteiger partial charge in [0.05, 0.1) is 17.3 Å². The Bertz CT molecular complexity index is 725. The number of carbonyl (C=O) groups is 1. The Balaban J connectivity index is 1.88. The van der Waals surface area contributed by atoms with Gasteiger partial charge in [-0.15, -0.1) is 11.8 Å². The fourth-order valence-electron chi connectivity index (χ4n) is 3.08. The van der Waals surface area contributed by atoms with E-state index in [1.807, 2.05) is 0 Å². The topological polar surface area (TPSA) is 63.2 Å². The van der Waals surface area contributed by atoms with Crippen molar-refractivity contribution in [2.45, 2.75) is 58.2 Å². The van der Waals surface area contributed by atoms with Gasteiger partial charge in [0.25, 0.3) is 0 Å². The third-order valence-corrected chi connectivity index (χ3v) is 7.37. The van der Waals surface area contributed by atoms with E-state index in [4.69, 9.17) is 0 Å². The number of sulfone groups is 1. The Kier molecular flexibility index (Phi) is 6.26. The summed E-state index contributed by atoms with van der Waals surface area (Å²) in [6.07, 6.45) is 0.533. The molecule has 0 aliphatic carbocycles. The molecule has 1 heterocycles. The van der Waals surface area contributed by atoms with Crippen LogP contribution < -0.4 is 5.32 Å². The summed E-state index contributed by atoms with van der Waals surface area (Å²) in [6.45, 7) is 10.9. The van der Waals surface area contributed by atoms with Crippen molar-refractivity contribution in [2.24, 2.45) is 0 Å². The second-order valence-electron chi connectivity index (χ2n) is 8.00. The van der Waals surface area contributed by atoms with Crippen LogP contribution in [0, 0.1) is 13.8 Å². The van der Waals surface area contributed by atoms with Gasteiger partial charge in [-0.1, -0.05) is 32.9 Å². The molecule has 0 radical (unpaired) electrons. The van der Waals surface area contributed by atoms with E-state index < -0.39 is 9.84 Å². The lowest BCUT2D eigenvalue weighted by atomic mass is 9.84. The summed E-state index contributed by atoms with van der Waals surface area (Å²) in [5.41, 5.74) is 5.27. The van der Waals surface area contributed by atoms with Gasteiger partial charge in [0.2, 0.25) is 5.91 Å². The van der Waals surface area contributed by atoms with E-state index in [2.05, 4.69) is 52.1 Å². The summed E-state index contributed by atoms with van der Waals surface area (Å²) in [5.74, 6) is 1.34. The van der Waals surface area contributed by atoms with Crippen LogP contribution in [0.3, 0.4) is 0 Å². The standard InChI is InChI=1S/C19H29NO3S2/c1-13-8-15(19(3,4)5)9-14(2)17(13)10-24-11-18(21)20-16-6-7-25(22,23)12-16/h8-9,16H,6-7,10-12H2,1-5H3,(H,20,21)/t16-/m1/s1. The van der Waals surface area contributed by atoms with Crippen LogP contribution in [0.25, 0.3) is 0 Å². The maximum atomic E-state index is 12.0. The van der Waals surface area contributed by atoms with Crippen molar-refractivity contribution in [1.82, 2.24) is 5.32 Å². The molecule has 1 aliphatic rings. The molecule has 1 amide bonds. The minimum absolute atomic E-state index is 0.0753. The first-order chi connectivity index (χ1) is 11.5. The van der Waals surface area contributed by atoms with Gasteiger partial charge in [0, 0.05) is 11.8 Å². The Morgan fingerprint density at radius 1 is 1.24 bits per heavy atom. The van der Waals surface area contributed by atoms with E-state index in [1.54, 1.807) is 11.8 Å². The van der Waals surface area contributed by atoms with Crippen molar-refractivity contribution in [1.29, 1.82) is 0 Å². The molecule has 1 N–H and O–H groups in total. The molecule has 1 aliphatic heterocycles. The summed E-state index contributed by atoms with van der Waals surface area (Å²) < 4.78 is 22.9. The van der Waals surface area contributed by atoms with Gasteiger partial charge >= 0.3 is 0 Å². The van der Waals surface area contributed by atoms with E-state index in [9.17, 15) is 13.2 Å². The van der Waals surface area contributed by atoms with E-state index in [1.165, 1.54) is 22.3 Å². The number of nitrogens with one attached hydrogen (secondary N) is 1. The van der Waals surface area contributed by atoms with Crippen molar-refractivity contribution in [3.8, 4) is 0 Å². The number of carbonyl (C=O) groups excluding carboxylic acids is 1. The normalized spacial score (nSPS) is 19.8. The molecule has 0 bridgehead atoms. The molecule has 0 spiro atoms. The quantitative estimate of drug-likeness (QED) is 0.848. The summed E-state index contributed by atoms with van der Waals surface area (Å²) in [5, 5.41) is 2.84. The maximum absolute atomic E-state index is 12.0. The van der Waals surface area contributed by atoms with E-state index in [-0.39, 0.29) is 28.9 Å². The fourth-order valence-corrected chi connectivity index (χ4v) is 5.78. The van der Waals surface area contributed by atoms with Gasteiger partial charge in [-0.3, -0.25) is 4.79 Å². The van der Waals surface area contributed by atoms with Gasteiger partial charge in [-0.05, 0) is 47.9 Å². The number of hydrogen-bond donors (Lipinski definition) is 1. The number of amides is 1. The van der Waals surface area contributed by atoms with Crippen LogP contribution in [-0.2, 0) is 25.8 Å². The molecule has 0 aromatic heterocycles. The molecule has 25 heavy (non-hydrogen) atoms. The molecule has 0 saturated carbocycles. The van der Waals surface area contributed by atoms with Crippen LogP contribution in [0.15, 0.2) is 12.1 Å². The molecule has 1 aromatic rings. The summed E-state index contributed by atoms with van der Waals surface area (Å²) >= 11 is 1.58. The van der Waals surface area contributed by atoms with Gasteiger partial charge < -0.3 is 5.32 Å². The summed E-state index contributed by atoms with van der Waals surface area (Å²) in [7, 11) is -2.95. The molecule has 1 saturated heterocycles. The minimum Gasteiger partial charge on any atom is -0.352 e. The van der Waals surface area contributed by atoms with Crippen molar-refractivity contribution < 1.29 is 13.2 Å². The van der Waals surface area contributed by atoms with Crippen LogP contribution in [0.1, 0.15) is 49.4 Å². The first kappa shape index (κ1) is 20.3. The first-order valence-corrected chi connectivity index (χ1v) is 11.6. The smallest absolute Gasteiger partial charge is 0.230 e. The lowest BCUT2D eigenvalue weighted by Gasteiger charge is -2.22. The summed E-state index contributed by atoms with van der Waals surface area (Å²) in [6, 6.07) is 4.27. The Hall–Kier alpha value is -1.01. The maximum Gasteiger partial charge on any atom is 0.230 e. The number of rotatable bonds is 5. The number of benzene rings is 1. The van der Waals surface area contributed by atoms with E-state index >= 15 is 0 Å². The van der Waals surface area contributed by atoms with Crippen LogP contribution >= 0.6 is 11.8 Å². The number of aryl methyl sites for hydroxylation is 2. The predicted molar refractivity (Wildman–Crippen MR) is 106 cm³/mol. The van der Waals surface area contributed by atoms with Gasteiger partial charge in [-0.25, -0.2) is 8.42 Å².